The van der Waals surface area contributed by atoms with Gasteiger partial charge in [0.15, 0.2) is 0 Å². The SMILES string of the molecule is CCCCCCCCCCCCC(=O)CC1CCOC1. The van der Waals surface area contributed by atoms with Gasteiger partial charge < -0.3 is 4.74 Å². The molecular formula is C18H34O2. The second-order valence-corrected chi connectivity index (χ2v) is 6.40. The predicted octanol–water partition coefficient (Wildman–Crippen LogP) is 5.29. The first kappa shape index (κ1) is 17.7. The van der Waals surface area contributed by atoms with Gasteiger partial charge in [-0.3, -0.25) is 4.79 Å². The smallest absolute Gasteiger partial charge is 0.133 e. The van der Waals surface area contributed by atoms with Crippen LogP contribution in [0.2, 0.25) is 0 Å². The van der Waals surface area contributed by atoms with Crippen LogP contribution in [0, 0.1) is 5.92 Å². The summed E-state index contributed by atoms with van der Waals surface area (Å²) in [6.45, 7) is 3.93. The van der Waals surface area contributed by atoms with Crippen molar-refractivity contribution < 1.29 is 9.53 Å². The number of unbranched alkanes of at least 4 members (excludes halogenated alkanes) is 9. The monoisotopic (exact) mass is 282 g/mol. The number of hydrogen-bond donors (Lipinski definition) is 0. The van der Waals surface area contributed by atoms with E-state index in [9.17, 15) is 4.79 Å². The summed E-state index contributed by atoms with van der Waals surface area (Å²) in [6, 6.07) is 0. The average molecular weight is 282 g/mol. The van der Waals surface area contributed by atoms with Crippen molar-refractivity contribution in [1.82, 2.24) is 0 Å². The Morgan fingerprint density at radius 1 is 0.950 bits per heavy atom. The summed E-state index contributed by atoms with van der Waals surface area (Å²) in [5.74, 6) is 0.977. The van der Waals surface area contributed by atoms with Gasteiger partial charge >= 0.3 is 0 Å². The Morgan fingerprint density at radius 2 is 1.55 bits per heavy atom. The summed E-state index contributed by atoms with van der Waals surface area (Å²) in [5.41, 5.74) is 0. The number of ether oxygens (including phenoxy) is 1. The fourth-order valence-electron chi connectivity index (χ4n) is 2.98. The topological polar surface area (TPSA) is 26.3 Å². The van der Waals surface area contributed by atoms with Crippen molar-refractivity contribution in [3.05, 3.63) is 0 Å². The van der Waals surface area contributed by atoms with Gasteiger partial charge in [-0.15, -0.1) is 0 Å². The Morgan fingerprint density at radius 3 is 2.10 bits per heavy atom. The molecule has 0 amide bonds. The minimum absolute atomic E-state index is 0.458. The van der Waals surface area contributed by atoms with Crippen LogP contribution in [0.25, 0.3) is 0 Å². The zero-order valence-electron chi connectivity index (χ0n) is 13.5. The fourth-order valence-corrected chi connectivity index (χ4v) is 2.98. The first-order valence-electron chi connectivity index (χ1n) is 8.92. The van der Waals surface area contributed by atoms with Crippen molar-refractivity contribution in [2.75, 3.05) is 13.2 Å². The number of carbonyl (C=O) groups excluding carboxylic acids is 1. The number of Topliss-reactive ketones (excluding diaryl/α,β-unsaturated/α-hetero) is 1. The third-order valence-corrected chi connectivity index (χ3v) is 4.35. The lowest BCUT2D eigenvalue weighted by atomic mass is 9.98. The van der Waals surface area contributed by atoms with Crippen molar-refractivity contribution in [1.29, 1.82) is 0 Å². The first-order valence-corrected chi connectivity index (χ1v) is 8.92. The summed E-state index contributed by atoms with van der Waals surface area (Å²) in [4.78, 5) is 11.8. The Balaban J connectivity index is 1.78. The van der Waals surface area contributed by atoms with E-state index in [0.717, 1.165) is 38.9 Å². The van der Waals surface area contributed by atoms with Crippen molar-refractivity contribution in [2.45, 2.75) is 90.4 Å². The van der Waals surface area contributed by atoms with E-state index in [1.54, 1.807) is 0 Å². The molecule has 0 aromatic rings. The van der Waals surface area contributed by atoms with Crippen LogP contribution < -0.4 is 0 Å². The number of rotatable bonds is 13. The molecule has 0 bridgehead atoms. The van der Waals surface area contributed by atoms with Crippen LogP contribution in [-0.4, -0.2) is 19.0 Å². The maximum atomic E-state index is 11.8. The van der Waals surface area contributed by atoms with Gasteiger partial charge in [0, 0.05) is 26.1 Å². The molecule has 1 saturated heterocycles. The highest BCUT2D eigenvalue weighted by molar-refractivity contribution is 5.78. The van der Waals surface area contributed by atoms with Crippen molar-refractivity contribution in [3.8, 4) is 0 Å². The minimum Gasteiger partial charge on any atom is -0.381 e. The third-order valence-electron chi connectivity index (χ3n) is 4.35. The van der Waals surface area contributed by atoms with E-state index in [1.807, 2.05) is 0 Å². The first-order chi connectivity index (χ1) is 9.83. The summed E-state index contributed by atoms with van der Waals surface area (Å²) >= 11 is 0. The van der Waals surface area contributed by atoms with Crippen LogP contribution in [0.1, 0.15) is 90.4 Å². The van der Waals surface area contributed by atoms with Crippen molar-refractivity contribution in [3.63, 3.8) is 0 Å². The lowest BCUT2D eigenvalue weighted by Crippen LogP contribution is -2.08. The molecule has 1 unspecified atom stereocenters. The summed E-state index contributed by atoms with van der Waals surface area (Å²) in [5, 5.41) is 0. The molecule has 1 heterocycles. The lowest BCUT2D eigenvalue weighted by Gasteiger charge is -2.06. The minimum atomic E-state index is 0.458. The molecular weight excluding hydrogens is 248 g/mol. The highest BCUT2D eigenvalue weighted by Gasteiger charge is 2.18. The van der Waals surface area contributed by atoms with Crippen LogP contribution in [-0.2, 0) is 9.53 Å². The molecule has 1 rings (SSSR count). The molecule has 0 spiro atoms. The van der Waals surface area contributed by atoms with Gasteiger partial charge in [0.1, 0.15) is 5.78 Å². The molecule has 1 atom stereocenters. The van der Waals surface area contributed by atoms with Crippen LogP contribution in [0.15, 0.2) is 0 Å². The second-order valence-electron chi connectivity index (χ2n) is 6.40. The van der Waals surface area contributed by atoms with E-state index in [4.69, 9.17) is 4.74 Å². The maximum Gasteiger partial charge on any atom is 0.133 e. The number of hydrogen-bond acceptors (Lipinski definition) is 2. The normalized spacial score (nSPS) is 18.6. The summed E-state index contributed by atoms with van der Waals surface area (Å²) in [6.07, 6.45) is 16.0. The Labute approximate surface area is 125 Å². The van der Waals surface area contributed by atoms with Crippen LogP contribution in [0.5, 0.6) is 0 Å². The zero-order valence-corrected chi connectivity index (χ0v) is 13.5. The van der Waals surface area contributed by atoms with Crippen LogP contribution >= 0.6 is 0 Å². The molecule has 2 heteroatoms. The van der Waals surface area contributed by atoms with E-state index < -0.39 is 0 Å². The van der Waals surface area contributed by atoms with Gasteiger partial charge in [-0.05, 0) is 18.8 Å². The summed E-state index contributed by atoms with van der Waals surface area (Å²) < 4.78 is 5.31. The molecule has 1 aliphatic heterocycles. The van der Waals surface area contributed by atoms with Gasteiger partial charge in [0.2, 0.25) is 0 Å². The molecule has 0 saturated carbocycles. The zero-order chi connectivity index (χ0) is 14.5. The van der Waals surface area contributed by atoms with E-state index in [0.29, 0.717) is 11.7 Å². The molecule has 0 N–H and O–H groups in total. The van der Waals surface area contributed by atoms with Crippen LogP contribution in [0.3, 0.4) is 0 Å². The van der Waals surface area contributed by atoms with Gasteiger partial charge in [-0.2, -0.15) is 0 Å². The standard InChI is InChI=1S/C18H34O2/c1-2-3-4-5-6-7-8-9-10-11-12-18(19)15-17-13-14-20-16-17/h17H,2-16H2,1H3. The Kier molecular flexibility index (Phi) is 10.9. The average Bonchev–Trinajstić information content (AvgIpc) is 2.93. The van der Waals surface area contributed by atoms with Crippen LogP contribution in [0.4, 0.5) is 0 Å². The van der Waals surface area contributed by atoms with E-state index in [-0.39, 0.29) is 0 Å². The predicted molar refractivity (Wildman–Crippen MR) is 85.0 cm³/mol. The van der Waals surface area contributed by atoms with E-state index in [2.05, 4.69) is 6.92 Å². The molecule has 2 nitrogen and oxygen atoms in total. The fraction of sp³-hybridized carbons (Fsp3) is 0.944. The largest absolute Gasteiger partial charge is 0.381 e. The molecule has 1 aliphatic rings. The van der Waals surface area contributed by atoms with Crippen molar-refractivity contribution in [2.24, 2.45) is 5.92 Å². The van der Waals surface area contributed by atoms with Gasteiger partial charge in [-0.1, -0.05) is 64.7 Å². The molecule has 0 aromatic carbocycles. The lowest BCUT2D eigenvalue weighted by molar-refractivity contribution is -0.120. The molecule has 20 heavy (non-hydrogen) atoms. The van der Waals surface area contributed by atoms with Gasteiger partial charge in [0.25, 0.3) is 0 Å². The third kappa shape index (κ3) is 9.52. The van der Waals surface area contributed by atoms with E-state index in [1.165, 1.54) is 57.8 Å². The van der Waals surface area contributed by atoms with Gasteiger partial charge in [-0.25, -0.2) is 0 Å². The van der Waals surface area contributed by atoms with Gasteiger partial charge in [0.05, 0.1) is 0 Å². The molecule has 1 fully saturated rings. The molecule has 0 aromatic heterocycles. The second kappa shape index (κ2) is 12.4. The highest BCUT2D eigenvalue weighted by Crippen LogP contribution is 2.18. The maximum absolute atomic E-state index is 11.8. The summed E-state index contributed by atoms with van der Waals surface area (Å²) in [7, 11) is 0. The number of ketones is 1. The Bertz CT molecular complexity index is 232. The van der Waals surface area contributed by atoms with E-state index >= 15 is 0 Å². The molecule has 0 radical (unpaired) electrons. The molecule has 0 aliphatic carbocycles. The Hall–Kier alpha value is -0.370. The molecule has 118 valence electrons. The quantitative estimate of drug-likeness (QED) is 0.429. The van der Waals surface area contributed by atoms with Crippen molar-refractivity contribution >= 4 is 5.78 Å². The number of carbonyl (C=O) groups is 1. The highest BCUT2D eigenvalue weighted by atomic mass is 16.5.